The molecule has 0 bridgehead atoms. The lowest BCUT2D eigenvalue weighted by molar-refractivity contribution is -0.125. The molecule has 2 heterocycles. The highest BCUT2D eigenvalue weighted by atomic mass is 16.2. The van der Waals surface area contributed by atoms with Gasteiger partial charge in [-0.25, -0.2) is 0 Å². The van der Waals surface area contributed by atoms with Crippen LogP contribution in [0.4, 0.5) is 0 Å². The summed E-state index contributed by atoms with van der Waals surface area (Å²) in [5.41, 5.74) is 2.08. The number of carbonyl (C=O) groups is 2. The largest absolute Gasteiger partial charge is 0.349 e. The topological polar surface area (TPSA) is 76.0 Å². The molecule has 132 valence electrons. The highest BCUT2D eigenvalue weighted by Gasteiger charge is 2.36. The maximum Gasteiger partial charge on any atom is 0.255 e. The van der Waals surface area contributed by atoms with E-state index in [1.54, 1.807) is 6.20 Å². The van der Waals surface area contributed by atoms with Crippen LogP contribution in [0.25, 0.3) is 0 Å². The monoisotopic (exact) mass is 340 g/mol. The molecule has 1 aromatic carbocycles. The minimum Gasteiger partial charge on any atom is -0.349 e. The minimum atomic E-state index is -0.459. The van der Waals surface area contributed by atoms with Crippen LogP contribution in [0.3, 0.4) is 0 Å². The van der Waals surface area contributed by atoms with E-state index >= 15 is 0 Å². The molecule has 25 heavy (non-hydrogen) atoms. The van der Waals surface area contributed by atoms with Crippen LogP contribution in [-0.2, 0) is 11.3 Å². The fourth-order valence-corrected chi connectivity index (χ4v) is 3.22. The summed E-state index contributed by atoms with van der Waals surface area (Å²) < 4.78 is 1.83. The van der Waals surface area contributed by atoms with E-state index in [1.165, 1.54) is 0 Å². The van der Waals surface area contributed by atoms with Gasteiger partial charge in [-0.15, -0.1) is 0 Å². The summed E-state index contributed by atoms with van der Waals surface area (Å²) in [6, 6.07) is 9.92. The van der Waals surface area contributed by atoms with Gasteiger partial charge in [-0.2, -0.15) is 5.10 Å². The highest BCUT2D eigenvalue weighted by Crippen LogP contribution is 2.20. The standard InChI is InChI=1S/C19H24N4O2/c1-13-15(11-20-23(13)12-14-7-5-4-6-8-14)18(25)21-16-9-10-17(24)22-19(16,2)3/h4-8,11,16H,9-10,12H2,1-3H3,(H,21,25)(H,22,24). The first-order chi connectivity index (χ1) is 11.9. The van der Waals surface area contributed by atoms with Gasteiger partial charge in [-0.3, -0.25) is 14.3 Å². The van der Waals surface area contributed by atoms with Crippen LogP contribution < -0.4 is 10.6 Å². The lowest BCUT2D eigenvalue weighted by atomic mass is 9.86. The lowest BCUT2D eigenvalue weighted by Crippen LogP contribution is -2.62. The number of aromatic nitrogens is 2. The van der Waals surface area contributed by atoms with Crippen molar-refractivity contribution in [2.75, 3.05) is 0 Å². The van der Waals surface area contributed by atoms with E-state index in [0.29, 0.717) is 24.9 Å². The third kappa shape index (κ3) is 3.73. The summed E-state index contributed by atoms with van der Waals surface area (Å²) in [5.74, 6) is -0.117. The second-order valence-corrected chi connectivity index (χ2v) is 7.12. The van der Waals surface area contributed by atoms with Gasteiger partial charge < -0.3 is 10.6 Å². The molecule has 2 N–H and O–H groups in total. The Hall–Kier alpha value is -2.63. The molecule has 1 atom stereocenters. The molecule has 3 rings (SSSR count). The van der Waals surface area contributed by atoms with Crippen molar-refractivity contribution in [1.29, 1.82) is 0 Å². The predicted molar refractivity (Wildman–Crippen MR) is 95.2 cm³/mol. The number of piperidine rings is 1. The first-order valence-corrected chi connectivity index (χ1v) is 8.55. The number of rotatable bonds is 4. The number of hydrogen-bond acceptors (Lipinski definition) is 3. The van der Waals surface area contributed by atoms with Crippen molar-refractivity contribution in [1.82, 2.24) is 20.4 Å². The van der Waals surface area contributed by atoms with Crippen molar-refractivity contribution >= 4 is 11.8 Å². The number of hydrogen-bond donors (Lipinski definition) is 2. The van der Waals surface area contributed by atoms with Crippen molar-refractivity contribution in [3.05, 3.63) is 53.3 Å². The fourth-order valence-electron chi connectivity index (χ4n) is 3.22. The zero-order chi connectivity index (χ0) is 18.0. The van der Waals surface area contributed by atoms with E-state index in [4.69, 9.17) is 0 Å². The first-order valence-electron chi connectivity index (χ1n) is 8.55. The van der Waals surface area contributed by atoms with Gasteiger partial charge in [0.2, 0.25) is 5.91 Å². The number of benzene rings is 1. The van der Waals surface area contributed by atoms with Gasteiger partial charge in [0.15, 0.2) is 0 Å². The zero-order valence-electron chi connectivity index (χ0n) is 14.9. The Morgan fingerprint density at radius 1 is 1.36 bits per heavy atom. The van der Waals surface area contributed by atoms with Gasteiger partial charge in [0.1, 0.15) is 0 Å². The Labute approximate surface area is 147 Å². The first kappa shape index (κ1) is 17.2. The quantitative estimate of drug-likeness (QED) is 0.894. The van der Waals surface area contributed by atoms with Crippen LogP contribution in [-0.4, -0.2) is 33.2 Å². The highest BCUT2D eigenvalue weighted by molar-refractivity contribution is 5.95. The summed E-state index contributed by atoms with van der Waals surface area (Å²) in [5, 5.41) is 10.4. The number of carbonyl (C=O) groups excluding carboxylic acids is 2. The van der Waals surface area contributed by atoms with Gasteiger partial charge in [0.25, 0.3) is 5.91 Å². The third-order valence-electron chi connectivity index (χ3n) is 4.82. The van der Waals surface area contributed by atoms with Gasteiger partial charge >= 0.3 is 0 Å². The molecular formula is C19H24N4O2. The lowest BCUT2D eigenvalue weighted by Gasteiger charge is -2.39. The smallest absolute Gasteiger partial charge is 0.255 e. The van der Waals surface area contributed by atoms with E-state index in [2.05, 4.69) is 15.7 Å². The van der Waals surface area contributed by atoms with Gasteiger partial charge in [-0.1, -0.05) is 30.3 Å². The van der Waals surface area contributed by atoms with Crippen molar-refractivity contribution in [2.45, 2.75) is 51.7 Å². The summed E-state index contributed by atoms with van der Waals surface area (Å²) in [6.45, 7) is 6.39. The SMILES string of the molecule is Cc1c(C(=O)NC2CCC(=O)NC2(C)C)cnn1Cc1ccccc1. The maximum atomic E-state index is 12.7. The van der Waals surface area contributed by atoms with Crippen LogP contribution in [0.15, 0.2) is 36.5 Å². The average molecular weight is 340 g/mol. The molecule has 0 aliphatic carbocycles. The minimum absolute atomic E-state index is 0.0300. The van der Waals surface area contributed by atoms with Crippen LogP contribution >= 0.6 is 0 Å². The molecule has 0 saturated carbocycles. The second-order valence-electron chi connectivity index (χ2n) is 7.12. The molecule has 1 aromatic heterocycles. The molecule has 1 aliphatic heterocycles. The van der Waals surface area contributed by atoms with E-state index in [1.807, 2.05) is 55.8 Å². The Balaban J connectivity index is 1.72. The van der Waals surface area contributed by atoms with Gasteiger partial charge in [-0.05, 0) is 32.8 Å². The molecule has 2 aromatic rings. The molecule has 0 spiro atoms. The summed E-state index contributed by atoms with van der Waals surface area (Å²) >= 11 is 0. The predicted octanol–water partition coefficient (Wildman–Crippen LogP) is 2.03. The van der Waals surface area contributed by atoms with Gasteiger partial charge in [0.05, 0.1) is 29.9 Å². The van der Waals surface area contributed by atoms with Crippen molar-refractivity contribution in [3.63, 3.8) is 0 Å². The van der Waals surface area contributed by atoms with Crippen LogP contribution in [0.1, 0.15) is 48.3 Å². The molecule has 6 nitrogen and oxygen atoms in total. The molecule has 2 amide bonds. The Morgan fingerprint density at radius 3 is 2.76 bits per heavy atom. The molecule has 1 fully saturated rings. The Bertz CT molecular complexity index is 780. The van der Waals surface area contributed by atoms with E-state index in [0.717, 1.165) is 11.3 Å². The van der Waals surface area contributed by atoms with Crippen molar-refractivity contribution in [3.8, 4) is 0 Å². The average Bonchev–Trinajstić information content (AvgIpc) is 2.91. The number of nitrogens with zero attached hydrogens (tertiary/aromatic N) is 2. The second kappa shape index (κ2) is 6.70. The molecule has 6 heteroatoms. The molecular weight excluding hydrogens is 316 g/mol. The maximum absolute atomic E-state index is 12.7. The summed E-state index contributed by atoms with van der Waals surface area (Å²) in [7, 11) is 0. The van der Waals surface area contributed by atoms with Crippen molar-refractivity contribution in [2.24, 2.45) is 0 Å². The normalized spacial score (nSPS) is 19.3. The van der Waals surface area contributed by atoms with E-state index in [-0.39, 0.29) is 17.9 Å². The van der Waals surface area contributed by atoms with Crippen molar-refractivity contribution < 1.29 is 9.59 Å². The van der Waals surface area contributed by atoms with E-state index < -0.39 is 5.54 Å². The Morgan fingerprint density at radius 2 is 2.08 bits per heavy atom. The third-order valence-corrected chi connectivity index (χ3v) is 4.82. The number of amides is 2. The molecule has 1 aliphatic rings. The van der Waals surface area contributed by atoms with Gasteiger partial charge in [0, 0.05) is 12.1 Å². The molecule has 1 unspecified atom stereocenters. The van der Waals surface area contributed by atoms with Crippen LogP contribution in [0, 0.1) is 6.92 Å². The molecule has 1 saturated heterocycles. The fraction of sp³-hybridized carbons (Fsp3) is 0.421. The Kier molecular flexibility index (Phi) is 4.61. The summed E-state index contributed by atoms with van der Waals surface area (Å²) in [4.78, 5) is 24.3. The van der Waals surface area contributed by atoms with E-state index in [9.17, 15) is 9.59 Å². The van der Waals surface area contributed by atoms with Crippen LogP contribution in [0.5, 0.6) is 0 Å². The number of nitrogens with one attached hydrogen (secondary N) is 2. The summed E-state index contributed by atoms with van der Waals surface area (Å²) in [6.07, 6.45) is 2.68. The van der Waals surface area contributed by atoms with Crippen LogP contribution in [0.2, 0.25) is 0 Å². The zero-order valence-corrected chi connectivity index (χ0v) is 14.9. The molecule has 0 radical (unpaired) electrons.